The number of nitrogens with two attached hydrogens (primary N) is 1. The van der Waals surface area contributed by atoms with E-state index in [2.05, 4.69) is 0 Å². The van der Waals surface area contributed by atoms with E-state index in [0.717, 1.165) is 0 Å². The summed E-state index contributed by atoms with van der Waals surface area (Å²) in [5.41, 5.74) is 6.95. The van der Waals surface area contributed by atoms with Gasteiger partial charge in [0, 0.05) is 0 Å². The number of halogens is 1. The van der Waals surface area contributed by atoms with Gasteiger partial charge in [0.15, 0.2) is 6.29 Å². The van der Waals surface area contributed by atoms with Crippen molar-refractivity contribution in [1.29, 1.82) is 0 Å². The van der Waals surface area contributed by atoms with Crippen molar-refractivity contribution in [2.75, 3.05) is 0 Å². The third-order valence-electron chi connectivity index (χ3n) is 2.72. The standard InChI is InChI=1S/C14H10ClNO3/c15-12-4-3-8(5-11(12)14(16)19)9-1-2-10(7-17)13(18)6-9/h1-7,18H,(H2,16,19). The topological polar surface area (TPSA) is 80.4 Å². The molecular formula is C14H10ClNO3. The summed E-state index contributed by atoms with van der Waals surface area (Å²) in [5, 5.41) is 9.91. The number of primary amides is 1. The molecule has 0 fully saturated rings. The number of hydrogen-bond donors (Lipinski definition) is 2. The number of amides is 1. The molecule has 2 aromatic rings. The Hall–Kier alpha value is -2.33. The lowest BCUT2D eigenvalue weighted by molar-refractivity contribution is 0.1000. The number of aromatic hydroxyl groups is 1. The van der Waals surface area contributed by atoms with Crippen LogP contribution in [-0.2, 0) is 0 Å². The smallest absolute Gasteiger partial charge is 0.250 e. The number of phenolic OH excluding ortho intramolecular Hbond substituents is 1. The van der Waals surface area contributed by atoms with Crippen LogP contribution >= 0.6 is 11.6 Å². The predicted molar refractivity (Wildman–Crippen MR) is 72.5 cm³/mol. The molecule has 19 heavy (non-hydrogen) atoms. The average Bonchev–Trinajstić information content (AvgIpc) is 2.38. The molecule has 0 aliphatic rings. The van der Waals surface area contributed by atoms with Crippen LogP contribution in [0.3, 0.4) is 0 Å². The predicted octanol–water partition coefficient (Wildman–Crippen LogP) is 2.62. The Balaban J connectivity index is 2.53. The molecule has 96 valence electrons. The third-order valence-corrected chi connectivity index (χ3v) is 3.05. The summed E-state index contributed by atoms with van der Waals surface area (Å²) in [6.45, 7) is 0. The third kappa shape index (κ3) is 2.58. The van der Waals surface area contributed by atoms with Crippen LogP contribution in [0.5, 0.6) is 5.75 Å². The van der Waals surface area contributed by atoms with Gasteiger partial charge in [-0.25, -0.2) is 0 Å². The molecule has 2 rings (SSSR count). The van der Waals surface area contributed by atoms with E-state index in [1.807, 2.05) is 0 Å². The van der Waals surface area contributed by atoms with Crippen molar-refractivity contribution >= 4 is 23.8 Å². The Labute approximate surface area is 114 Å². The van der Waals surface area contributed by atoms with Gasteiger partial charge >= 0.3 is 0 Å². The zero-order valence-electron chi connectivity index (χ0n) is 9.76. The van der Waals surface area contributed by atoms with Gasteiger partial charge in [0.2, 0.25) is 5.91 Å². The highest BCUT2D eigenvalue weighted by molar-refractivity contribution is 6.33. The average molecular weight is 276 g/mol. The molecule has 0 atom stereocenters. The minimum Gasteiger partial charge on any atom is -0.507 e. The van der Waals surface area contributed by atoms with Gasteiger partial charge in [-0.1, -0.05) is 23.7 Å². The van der Waals surface area contributed by atoms with Crippen LogP contribution in [0, 0.1) is 0 Å². The normalized spacial score (nSPS) is 10.2. The first kappa shape index (κ1) is 13.1. The minimum absolute atomic E-state index is 0.122. The summed E-state index contributed by atoms with van der Waals surface area (Å²) < 4.78 is 0. The summed E-state index contributed by atoms with van der Waals surface area (Å²) in [6.07, 6.45) is 0.565. The van der Waals surface area contributed by atoms with E-state index in [0.29, 0.717) is 17.4 Å². The highest BCUT2D eigenvalue weighted by Crippen LogP contribution is 2.28. The number of benzene rings is 2. The fourth-order valence-corrected chi connectivity index (χ4v) is 1.93. The molecule has 0 saturated heterocycles. The van der Waals surface area contributed by atoms with Crippen molar-refractivity contribution in [3.63, 3.8) is 0 Å². The van der Waals surface area contributed by atoms with E-state index in [4.69, 9.17) is 17.3 Å². The first-order valence-corrected chi connectivity index (χ1v) is 5.78. The second-order valence-corrected chi connectivity index (χ2v) is 4.36. The Bertz CT molecular complexity index is 668. The summed E-state index contributed by atoms with van der Waals surface area (Å²) >= 11 is 5.86. The lowest BCUT2D eigenvalue weighted by Crippen LogP contribution is -2.11. The Morgan fingerprint density at radius 2 is 1.79 bits per heavy atom. The number of carbonyl (C=O) groups is 2. The second kappa shape index (κ2) is 5.12. The molecular weight excluding hydrogens is 266 g/mol. The second-order valence-electron chi connectivity index (χ2n) is 3.95. The van der Waals surface area contributed by atoms with Gasteiger partial charge in [0.1, 0.15) is 5.75 Å². The van der Waals surface area contributed by atoms with Crippen molar-refractivity contribution in [2.45, 2.75) is 0 Å². The number of hydrogen-bond acceptors (Lipinski definition) is 3. The zero-order valence-corrected chi connectivity index (χ0v) is 10.5. The molecule has 0 heterocycles. The molecule has 4 nitrogen and oxygen atoms in total. The highest BCUT2D eigenvalue weighted by atomic mass is 35.5. The van der Waals surface area contributed by atoms with E-state index in [1.165, 1.54) is 12.1 Å². The van der Waals surface area contributed by atoms with Gasteiger partial charge < -0.3 is 10.8 Å². The monoisotopic (exact) mass is 275 g/mol. The quantitative estimate of drug-likeness (QED) is 0.845. The van der Waals surface area contributed by atoms with Gasteiger partial charge in [0.25, 0.3) is 0 Å². The van der Waals surface area contributed by atoms with Crippen molar-refractivity contribution < 1.29 is 14.7 Å². The van der Waals surface area contributed by atoms with E-state index in [1.54, 1.807) is 24.3 Å². The van der Waals surface area contributed by atoms with Crippen LogP contribution in [-0.4, -0.2) is 17.3 Å². The van der Waals surface area contributed by atoms with Crippen LogP contribution < -0.4 is 5.73 Å². The summed E-state index contributed by atoms with van der Waals surface area (Å²) in [7, 11) is 0. The van der Waals surface area contributed by atoms with Crippen LogP contribution in [0.25, 0.3) is 11.1 Å². The van der Waals surface area contributed by atoms with Crippen LogP contribution in [0.4, 0.5) is 0 Å². The fourth-order valence-electron chi connectivity index (χ4n) is 1.72. The van der Waals surface area contributed by atoms with Crippen LogP contribution in [0.1, 0.15) is 20.7 Å². The number of rotatable bonds is 3. The fraction of sp³-hybridized carbons (Fsp3) is 0. The summed E-state index contributed by atoms with van der Waals surface area (Å²) in [4.78, 5) is 21.8. The molecule has 1 amide bonds. The maximum atomic E-state index is 11.2. The number of aldehydes is 1. The maximum Gasteiger partial charge on any atom is 0.250 e. The van der Waals surface area contributed by atoms with E-state index >= 15 is 0 Å². The molecule has 2 aromatic carbocycles. The van der Waals surface area contributed by atoms with Gasteiger partial charge in [-0.05, 0) is 35.4 Å². The van der Waals surface area contributed by atoms with E-state index in [9.17, 15) is 14.7 Å². The van der Waals surface area contributed by atoms with Gasteiger partial charge in [-0.2, -0.15) is 0 Å². The Morgan fingerprint density at radius 1 is 1.16 bits per heavy atom. The SMILES string of the molecule is NC(=O)c1cc(-c2ccc(C=O)c(O)c2)ccc1Cl. The molecule has 0 spiro atoms. The Morgan fingerprint density at radius 3 is 2.37 bits per heavy atom. The van der Waals surface area contributed by atoms with Gasteiger partial charge in [-0.3, -0.25) is 9.59 Å². The molecule has 0 aliphatic carbocycles. The molecule has 0 radical (unpaired) electrons. The van der Waals surface area contributed by atoms with Crippen molar-refractivity contribution in [3.05, 3.63) is 52.5 Å². The molecule has 5 heteroatoms. The number of carbonyl (C=O) groups excluding carboxylic acids is 2. The molecule has 3 N–H and O–H groups in total. The Kier molecular flexibility index (Phi) is 3.53. The molecule has 0 unspecified atom stereocenters. The summed E-state index contributed by atoms with van der Waals surface area (Å²) in [6, 6.07) is 9.40. The first-order valence-electron chi connectivity index (χ1n) is 5.41. The first-order chi connectivity index (χ1) is 9.02. The molecule has 0 saturated carbocycles. The van der Waals surface area contributed by atoms with Gasteiger partial charge in [0.05, 0.1) is 16.1 Å². The lowest BCUT2D eigenvalue weighted by Gasteiger charge is -2.07. The van der Waals surface area contributed by atoms with Gasteiger partial charge in [-0.15, -0.1) is 0 Å². The molecule has 0 aromatic heterocycles. The van der Waals surface area contributed by atoms with Crippen molar-refractivity contribution in [3.8, 4) is 16.9 Å². The highest BCUT2D eigenvalue weighted by Gasteiger charge is 2.10. The largest absolute Gasteiger partial charge is 0.507 e. The summed E-state index contributed by atoms with van der Waals surface area (Å²) in [5.74, 6) is -0.747. The molecule has 0 bridgehead atoms. The minimum atomic E-state index is -0.624. The van der Waals surface area contributed by atoms with Crippen molar-refractivity contribution in [2.24, 2.45) is 5.73 Å². The maximum absolute atomic E-state index is 11.2. The van der Waals surface area contributed by atoms with E-state index in [-0.39, 0.29) is 21.9 Å². The van der Waals surface area contributed by atoms with Crippen LogP contribution in [0.15, 0.2) is 36.4 Å². The zero-order chi connectivity index (χ0) is 14.0. The molecule has 0 aliphatic heterocycles. The lowest BCUT2D eigenvalue weighted by atomic mass is 10.0. The van der Waals surface area contributed by atoms with E-state index < -0.39 is 5.91 Å². The van der Waals surface area contributed by atoms with Crippen molar-refractivity contribution in [1.82, 2.24) is 0 Å². The number of phenols is 1. The van der Waals surface area contributed by atoms with Crippen LogP contribution in [0.2, 0.25) is 5.02 Å².